The van der Waals surface area contributed by atoms with Crippen LogP contribution in [0.1, 0.15) is 0 Å². The minimum Gasteiger partial charge on any atom is -0.497 e. The maximum Gasteiger partial charge on any atom is 0.407 e. The summed E-state index contributed by atoms with van der Waals surface area (Å²) in [4.78, 5) is 3.25. The van der Waals surface area contributed by atoms with Crippen LogP contribution >= 0.6 is 0 Å². The van der Waals surface area contributed by atoms with Gasteiger partial charge in [-0.25, -0.2) is 8.78 Å². The van der Waals surface area contributed by atoms with Gasteiger partial charge in [-0.05, 0) is 29.8 Å². The molecule has 36 heavy (non-hydrogen) atoms. The Kier molecular flexibility index (Phi) is 6.54. The van der Waals surface area contributed by atoms with E-state index in [1.807, 2.05) is 5.32 Å². The number of ether oxygens (including phenoxy) is 1. The predicted molar refractivity (Wildman–Crippen MR) is 116 cm³/mol. The van der Waals surface area contributed by atoms with Gasteiger partial charge in [0, 0.05) is 28.6 Å². The van der Waals surface area contributed by atoms with Crippen LogP contribution in [0.15, 0.2) is 57.9 Å². The first-order chi connectivity index (χ1) is 16.8. The highest BCUT2D eigenvalue weighted by atomic mass is 19.4. The van der Waals surface area contributed by atoms with Crippen molar-refractivity contribution in [2.45, 2.75) is 12.4 Å². The summed E-state index contributed by atoms with van der Waals surface area (Å²) in [7, 11) is 1.44. The number of halogens is 8. The number of hydrogen-bond acceptors (Lipinski definition) is 4. The Labute approximate surface area is 198 Å². The molecule has 0 amide bonds. The van der Waals surface area contributed by atoms with Gasteiger partial charge in [-0.3, -0.25) is 4.99 Å². The standard InChI is InChI=1S/C24H16F8N2O2/c1-35-13-4-2-12(3-5-13)22-14-6-16(25)18(33-10-23(27,28)29)8-20(14)36-21-9-19(17(26)7-15(21)22)34-11-24(30,31)32/h2-9,33H,10-11H2,1H3. The van der Waals surface area contributed by atoms with Gasteiger partial charge in [0.1, 0.15) is 41.8 Å². The molecule has 0 aromatic heterocycles. The Balaban J connectivity index is 1.99. The van der Waals surface area contributed by atoms with Gasteiger partial charge in [0.05, 0.1) is 18.2 Å². The molecule has 2 aromatic carbocycles. The van der Waals surface area contributed by atoms with E-state index < -0.39 is 48.1 Å². The molecule has 12 heteroatoms. The van der Waals surface area contributed by atoms with Crippen LogP contribution in [-0.2, 0) is 0 Å². The lowest BCUT2D eigenvalue weighted by Gasteiger charge is -2.18. The summed E-state index contributed by atoms with van der Waals surface area (Å²) >= 11 is 0. The molecule has 4 rings (SSSR count). The number of benzene rings is 3. The molecule has 1 N–H and O–H groups in total. The van der Waals surface area contributed by atoms with Crippen LogP contribution in [0.4, 0.5) is 40.8 Å². The monoisotopic (exact) mass is 516 g/mol. The van der Waals surface area contributed by atoms with Crippen molar-refractivity contribution in [1.82, 2.24) is 0 Å². The minimum atomic E-state index is -4.67. The number of fused-ring (bicyclic) bond motifs is 2. The Morgan fingerprint density at radius 3 is 2.19 bits per heavy atom. The first kappa shape index (κ1) is 25.3. The SMILES string of the molecule is COc1ccc(-c2c3cc(F)c(=NCC(F)(F)F)cc-3oc3cc(NCC(F)(F)F)c(F)cc23)cc1. The third-order valence-electron chi connectivity index (χ3n) is 5.16. The molecular formula is C24H16F8N2O2. The molecule has 0 atom stereocenters. The van der Waals surface area contributed by atoms with Crippen LogP contribution in [0, 0.1) is 11.6 Å². The van der Waals surface area contributed by atoms with E-state index in [0.717, 1.165) is 24.3 Å². The molecule has 1 aliphatic carbocycles. The van der Waals surface area contributed by atoms with Gasteiger partial charge in [0.2, 0.25) is 0 Å². The molecule has 190 valence electrons. The molecule has 0 spiro atoms. The van der Waals surface area contributed by atoms with Crippen LogP contribution in [0.3, 0.4) is 0 Å². The molecule has 0 saturated heterocycles. The van der Waals surface area contributed by atoms with Crippen molar-refractivity contribution in [2.24, 2.45) is 4.99 Å². The second-order valence-corrected chi connectivity index (χ2v) is 7.73. The smallest absolute Gasteiger partial charge is 0.407 e. The molecule has 2 aliphatic rings. The van der Waals surface area contributed by atoms with Crippen molar-refractivity contribution < 1.29 is 44.3 Å². The van der Waals surface area contributed by atoms with Crippen LogP contribution in [0.2, 0.25) is 0 Å². The Morgan fingerprint density at radius 1 is 0.889 bits per heavy atom. The lowest BCUT2D eigenvalue weighted by atomic mass is 9.93. The van der Waals surface area contributed by atoms with Crippen molar-refractivity contribution in [3.63, 3.8) is 0 Å². The molecule has 1 aliphatic heterocycles. The zero-order valence-electron chi connectivity index (χ0n) is 18.3. The average molecular weight is 516 g/mol. The fourth-order valence-electron chi connectivity index (χ4n) is 3.61. The highest BCUT2D eigenvalue weighted by Gasteiger charge is 2.28. The third kappa shape index (κ3) is 5.52. The number of nitrogens with zero attached hydrogens (tertiary/aromatic N) is 1. The van der Waals surface area contributed by atoms with E-state index in [0.29, 0.717) is 11.3 Å². The quantitative estimate of drug-likeness (QED) is 0.231. The summed E-state index contributed by atoms with van der Waals surface area (Å²) in [5.41, 5.74) is 0.180. The van der Waals surface area contributed by atoms with Crippen molar-refractivity contribution in [2.75, 3.05) is 25.5 Å². The molecule has 2 aromatic rings. The van der Waals surface area contributed by atoms with Gasteiger partial charge >= 0.3 is 12.4 Å². The number of hydrogen-bond donors (Lipinski definition) is 1. The highest BCUT2D eigenvalue weighted by molar-refractivity contribution is 6.02. The summed E-state index contributed by atoms with van der Waals surface area (Å²) in [6, 6.07) is 10.1. The summed E-state index contributed by atoms with van der Waals surface area (Å²) in [5.74, 6) is -1.71. The first-order valence-corrected chi connectivity index (χ1v) is 10.3. The van der Waals surface area contributed by atoms with Gasteiger partial charge in [-0.1, -0.05) is 12.1 Å². The van der Waals surface area contributed by atoms with Crippen molar-refractivity contribution >= 4 is 16.7 Å². The number of methoxy groups -OCH3 is 1. The Bertz CT molecular complexity index is 1440. The number of anilines is 1. The lowest BCUT2D eigenvalue weighted by molar-refractivity contribution is -0.118. The largest absolute Gasteiger partial charge is 0.497 e. The van der Waals surface area contributed by atoms with E-state index >= 15 is 0 Å². The van der Waals surface area contributed by atoms with E-state index in [-0.39, 0.29) is 27.9 Å². The molecular weight excluding hydrogens is 500 g/mol. The van der Waals surface area contributed by atoms with Crippen LogP contribution in [0.5, 0.6) is 5.75 Å². The molecule has 1 heterocycles. The summed E-state index contributed by atoms with van der Waals surface area (Å²) in [6.07, 6.45) is -9.30. The van der Waals surface area contributed by atoms with Gasteiger partial charge in [0.15, 0.2) is 0 Å². The normalized spacial score (nSPS) is 13.0. The van der Waals surface area contributed by atoms with E-state index in [9.17, 15) is 35.1 Å². The Hall–Kier alpha value is -3.83. The number of alkyl halides is 6. The summed E-state index contributed by atoms with van der Waals surface area (Å²) in [6.45, 7) is -3.15. The first-order valence-electron chi connectivity index (χ1n) is 10.3. The van der Waals surface area contributed by atoms with Gasteiger partial charge in [-0.15, -0.1) is 0 Å². The summed E-state index contributed by atoms with van der Waals surface area (Å²) in [5, 5.41) is 1.42. The van der Waals surface area contributed by atoms with Crippen molar-refractivity contribution in [1.29, 1.82) is 0 Å². The topological polar surface area (TPSA) is 46.8 Å². The second kappa shape index (κ2) is 9.32. The Morgan fingerprint density at radius 2 is 1.58 bits per heavy atom. The number of rotatable bonds is 5. The fraction of sp³-hybridized carbons (Fsp3) is 0.208. The highest BCUT2D eigenvalue weighted by Crippen LogP contribution is 2.42. The van der Waals surface area contributed by atoms with Crippen LogP contribution in [-0.4, -0.2) is 32.6 Å². The van der Waals surface area contributed by atoms with E-state index in [1.54, 1.807) is 24.3 Å². The third-order valence-corrected chi connectivity index (χ3v) is 5.16. The van der Waals surface area contributed by atoms with Crippen molar-refractivity contribution in [3.05, 3.63) is 65.5 Å². The molecule has 0 fully saturated rings. The minimum absolute atomic E-state index is 0.0894. The molecule has 4 nitrogen and oxygen atoms in total. The maximum atomic E-state index is 14.8. The fourth-order valence-corrected chi connectivity index (χ4v) is 3.61. The molecule has 0 saturated carbocycles. The molecule has 0 radical (unpaired) electrons. The van der Waals surface area contributed by atoms with Gasteiger partial charge in [0.25, 0.3) is 0 Å². The van der Waals surface area contributed by atoms with Crippen molar-refractivity contribution in [3.8, 4) is 28.2 Å². The summed E-state index contributed by atoms with van der Waals surface area (Å²) < 4.78 is 116. The predicted octanol–water partition coefficient (Wildman–Crippen LogP) is 6.93. The van der Waals surface area contributed by atoms with Crippen LogP contribution < -0.4 is 15.4 Å². The van der Waals surface area contributed by atoms with E-state index in [4.69, 9.17) is 9.15 Å². The van der Waals surface area contributed by atoms with E-state index in [1.165, 1.54) is 7.11 Å². The molecule has 0 bridgehead atoms. The second-order valence-electron chi connectivity index (χ2n) is 7.73. The maximum absolute atomic E-state index is 14.8. The lowest BCUT2D eigenvalue weighted by Crippen LogP contribution is -2.21. The number of nitrogens with one attached hydrogen (secondary N) is 1. The van der Waals surface area contributed by atoms with Crippen LogP contribution in [0.25, 0.3) is 33.4 Å². The van der Waals surface area contributed by atoms with Gasteiger partial charge < -0.3 is 14.5 Å². The zero-order valence-corrected chi connectivity index (χ0v) is 18.3. The van der Waals surface area contributed by atoms with E-state index in [2.05, 4.69) is 4.99 Å². The van der Waals surface area contributed by atoms with Gasteiger partial charge in [-0.2, -0.15) is 26.3 Å². The zero-order chi connectivity index (χ0) is 26.3. The average Bonchev–Trinajstić information content (AvgIpc) is 2.79. The molecule has 0 unspecified atom stereocenters.